The van der Waals surface area contributed by atoms with Gasteiger partial charge in [0.2, 0.25) is 11.4 Å². The number of benzene rings is 2. The summed E-state index contributed by atoms with van der Waals surface area (Å²) in [5.41, 5.74) is 20.8. The second-order valence-corrected chi connectivity index (χ2v) is 12.2. The van der Waals surface area contributed by atoms with Gasteiger partial charge in [-0.05, 0) is 63.8 Å². The van der Waals surface area contributed by atoms with Crippen molar-refractivity contribution in [2.75, 3.05) is 0 Å². The van der Waals surface area contributed by atoms with Gasteiger partial charge in [-0.25, -0.2) is 4.70 Å². The Kier molecular flexibility index (Phi) is 13.5. The van der Waals surface area contributed by atoms with E-state index in [0.717, 1.165) is 66.2 Å². The van der Waals surface area contributed by atoms with Gasteiger partial charge in [-0.2, -0.15) is 0 Å². The normalized spacial score (nSPS) is 13.5. The van der Waals surface area contributed by atoms with Crippen LogP contribution in [-0.4, -0.2) is 4.70 Å². The average molecular weight is 565 g/mol. The molecule has 35 heavy (non-hydrogen) atoms. The molecular weight excluding hydrogens is 519 g/mol. The molecule has 1 aliphatic rings. The molecule has 2 aromatic carbocycles. The zero-order chi connectivity index (χ0) is 25.6. The second kappa shape index (κ2) is 16.0. The minimum atomic E-state index is 0.980. The third-order valence-electron chi connectivity index (χ3n) is 6.39. The van der Waals surface area contributed by atoms with E-state index in [-0.39, 0.29) is 0 Å². The van der Waals surface area contributed by atoms with Crippen LogP contribution >= 0.6 is 0 Å². The van der Waals surface area contributed by atoms with E-state index in [9.17, 15) is 5.53 Å². The van der Waals surface area contributed by atoms with Gasteiger partial charge < -0.3 is 5.53 Å². The van der Waals surface area contributed by atoms with Crippen molar-refractivity contribution >= 4 is 11.4 Å². The predicted molar refractivity (Wildman–Crippen MR) is 149 cm³/mol. The minimum absolute atomic E-state index is 0.980. The molecule has 0 radical (unpaired) electrons. The molecule has 1 heterocycles. The Labute approximate surface area is 223 Å². The topological polar surface area (TPSA) is 25.3 Å². The molecule has 0 saturated heterocycles. The molecule has 2 aromatic rings. The van der Waals surface area contributed by atoms with E-state index in [1.54, 1.807) is 0 Å². The van der Waals surface area contributed by atoms with Gasteiger partial charge in [0.1, 0.15) is 0 Å². The van der Waals surface area contributed by atoms with Crippen molar-refractivity contribution in [3.05, 3.63) is 87.5 Å². The van der Waals surface area contributed by atoms with E-state index in [0.29, 0.717) is 0 Å². The molecular formula is C32H46N2Pd. The van der Waals surface area contributed by atoms with Crippen molar-refractivity contribution < 1.29 is 22.7 Å². The van der Waals surface area contributed by atoms with Crippen molar-refractivity contribution in [1.29, 1.82) is 0 Å². The van der Waals surface area contributed by atoms with Crippen LogP contribution in [0.2, 0.25) is 9.79 Å². The van der Waals surface area contributed by atoms with E-state index in [4.69, 9.17) is 0 Å². The molecule has 0 N–H and O–H groups in total. The average Bonchev–Trinajstić information content (AvgIpc) is 3.12. The summed E-state index contributed by atoms with van der Waals surface area (Å²) in [5.74, 6) is 0. The van der Waals surface area contributed by atoms with Crippen molar-refractivity contribution in [3.8, 4) is 0 Å². The van der Waals surface area contributed by atoms with Gasteiger partial charge in [0.15, 0.2) is 0 Å². The Hall–Kier alpha value is -1.82. The molecule has 0 fully saturated rings. The van der Waals surface area contributed by atoms with Crippen molar-refractivity contribution in [2.45, 2.75) is 103 Å². The number of hydrogen-bond donors (Lipinski definition) is 0. The zero-order valence-electron chi connectivity index (χ0n) is 22.9. The monoisotopic (exact) mass is 564 g/mol. The van der Waals surface area contributed by atoms with E-state index in [1.165, 1.54) is 62.4 Å². The molecule has 2 nitrogen and oxygen atoms in total. The van der Waals surface area contributed by atoms with Crippen molar-refractivity contribution in [3.63, 3.8) is 0 Å². The summed E-state index contributed by atoms with van der Waals surface area (Å²) in [5, 5.41) is 0. The summed E-state index contributed by atoms with van der Waals surface area (Å²) in [6, 6.07) is 17.2. The molecule has 0 amide bonds. The van der Waals surface area contributed by atoms with Gasteiger partial charge in [-0.15, -0.1) is 0 Å². The Morgan fingerprint density at radius 2 is 0.971 bits per heavy atom. The molecule has 0 saturated carbocycles. The summed E-state index contributed by atoms with van der Waals surface area (Å²) in [7, 11) is 0. The first-order valence-corrected chi connectivity index (χ1v) is 15.7. The fourth-order valence-electron chi connectivity index (χ4n) is 4.47. The Balaban J connectivity index is 0.000000784. The van der Waals surface area contributed by atoms with Crippen LogP contribution in [-0.2, 0) is 18.0 Å². The number of aryl methyl sites for hydroxylation is 2. The number of unbranched alkanes of at least 4 members (excludes halogenated alkanes) is 4. The molecule has 0 aliphatic carbocycles. The van der Waals surface area contributed by atoms with Gasteiger partial charge in [-0.3, -0.25) is 0 Å². The molecule has 3 rings (SSSR count). The van der Waals surface area contributed by atoms with E-state index in [2.05, 4.69) is 90.1 Å². The number of hydrogen-bond acceptors (Lipinski definition) is 0. The molecule has 0 bridgehead atoms. The first-order chi connectivity index (χ1) is 17.0. The second-order valence-electron chi connectivity index (χ2n) is 9.22. The molecule has 0 atom stereocenters. The van der Waals surface area contributed by atoms with Crippen LogP contribution in [0.1, 0.15) is 101 Å². The van der Waals surface area contributed by atoms with Gasteiger partial charge in [-0.1, -0.05) is 74.9 Å². The quantitative estimate of drug-likeness (QED) is 0.139. The Morgan fingerprint density at radius 3 is 1.26 bits per heavy atom. The third kappa shape index (κ3) is 8.66. The SMILES string of the molecule is CCCCCC1=C(c2ccc(C)cc2)[N+](=[N-])C(c2ccc(C)cc2)=C1CCCCC.C[CH2][Pd][CH2]C. The fourth-order valence-corrected chi connectivity index (χ4v) is 5.25. The molecule has 3 heteroatoms. The maximum absolute atomic E-state index is 11.5. The summed E-state index contributed by atoms with van der Waals surface area (Å²) in [4.78, 5) is 2.79. The van der Waals surface area contributed by atoms with Crippen molar-refractivity contribution in [1.82, 2.24) is 0 Å². The van der Waals surface area contributed by atoms with Crippen LogP contribution < -0.4 is 0 Å². The molecule has 0 unspecified atom stereocenters. The van der Waals surface area contributed by atoms with Crippen LogP contribution in [0.25, 0.3) is 16.9 Å². The van der Waals surface area contributed by atoms with Crippen LogP contribution in [0.4, 0.5) is 0 Å². The Morgan fingerprint density at radius 1 is 0.600 bits per heavy atom. The molecule has 0 spiro atoms. The first-order valence-electron chi connectivity index (χ1n) is 13.5. The predicted octanol–water partition coefficient (Wildman–Crippen LogP) is 10.6. The Bertz CT molecular complexity index is 902. The van der Waals surface area contributed by atoms with E-state index < -0.39 is 0 Å². The van der Waals surface area contributed by atoms with E-state index >= 15 is 0 Å². The summed E-state index contributed by atoms with van der Waals surface area (Å²) in [6.07, 6.45) is 9.21. The van der Waals surface area contributed by atoms with Gasteiger partial charge in [0.05, 0.1) is 0 Å². The van der Waals surface area contributed by atoms with Crippen LogP contribution in [0, 0.1) is 13.8 Å². The molecule has 194 valence electrons. The van der Waals surface area contributed by atoms with Crippen LogP contribution in [0.5, 0.6) is 0 Å². The van der Waals surface area contributed by atoms with Gasteiger partial charge >= 0.3 is 41.6 Å². The van der Waals surface area contributed by atoms with Crippen LogP contribution in [0.3, 0.4) is 0 Å². The summed E-state index contributed by atoms with van der Waals surface area (Å²) >= 11 is 1.04. The number of rotatable bonds is 12. The standard InChI is InChI=1S/C28H36N2.2C2H5.Pd/c1-5-7-9-11-25-26(12-10-8-6-2)28(24-19-15-22(4)16-20-24)30(29)27(25)23-17-13-21(3)14-18-23;2*1-2;/h13-20H,5-12H2,1-4H3;2*1H2,2H3;. The van der Waals surface area contributed by atoms with Gasteiger partial charge in [0, 0.05) is 22.3 Å². The summed E-state index contributed by atoms with van der Waals surface area (Å²) < 4.78 is 1.48. The van der Waals surface area contributed by atoms with Crippen LogP contribution in [0.15, 0.2) is 59.7 Å². The molecule has 0 aromatic heterocycles. The first kappa shape index (κ1) is 29.4. The van der Waals surface area contributed by atoms with Crippen molar-refractivity contribution in [2.24, 2.45) is 0 Å². The zero-order valence-corrected chi connectivity index (χ0v) is 24.5. The number of nitrogens with zero attached hydrogens (tertiary/aromatic N) is 2. The number of allylic oxidation sites excluding steroid dienone is 2. The molecule has 1 aliphatic heterocycles. The maximum atomic E-state index is 11.5. The van der Waals surface area contributed by atoms with Gasteiger partial charge in [0.25, 0.3) is 0 Å². The third-order valence-corrected chi connectivity index (χ3v) is 7.94. The fraction of sp³-hybridized carbons (Fsp3) is 0.500. The van der Waals surface area contributed by atoms with E-state index in [1.807, 2.05) is 0 Å². The summed E-state index contributed by atoms with van der Waals surface area (Å²) in [6.45, 7) is 13.2.